The monoisotopic (exact) mass is 580 g/mol. The molecule has 0 aliphatic carbocycles. The van der Waals surface area contributed by atoms with Crippen molar-refractivity contribution in [3.63, 3.8) is 0 Å². The van der Waals surface area contributed by atoms with Crippen molar-refractivity contribution in [2.24, 2.45) is 5.11 Å². The molecule has 0 radical (unpaired) electrons. The number of benzene rings is 2. The van der Waals surface area contributed by atoms with Crippen molar-refractivity contribution >= 4 is 28.3 Å². The highest BCUT2D eigenvalue weighted by Gasteiger charge is 2.09. The van der Waals surface area contributed by atoms with Gasteiger partial charge in [0.05, 0.1) is 18.4 Å². The minimum Gasteiger partial charge on any atom is -0.508 e. The summed E-state index contributed by atoms with van der Waals surface area (Å²) >= 11 is 2.20. The van der Waals surface area contributed by atoms with E-state index in [-0.39, 0.29) is 12.4 Å². The quantitative estimate of drug-likeness (QED) is 0.0631. The first-order valence-electron chi connectivity index (χ1n) is 11.8. The van der Waals surface area contributed by atoms with Gasteiger partial charge in [-0.1, -0.05) is 36.2 Å². The molecule has 4 N–H and O–H groups in total. The van der Waals surface area contributed by atoms with Crippen LogP contribution in [0.2, 0.25) is 0 Å². The lowest BCUT2D eigenvalue weighted by Gasteiger charge is -2.14. The van der Waals surface area contributed by atoms with Crippen molar-refractivity contribution in [2.75, 3.05) is 26.3 Å². The number of ether oxygens (including phenoxy) is 1. The number of hydrogen-bond donors (Lipinski definition) is 4. The van der Waals surface area contributed by atoms with E-state index in [0.717, 1.165) is 68.3 Å². The number of azide groups is 1. The Hall–Kier alpha value is -1.88. The van der Waals surface area contributed by atoms with Crippen molar-refractivity contribution in [1.82, 2.24) is 5.32 Å². The summed E-state index contributed by atoms with van der Waals surface area (Å²) in [5.74, 6) is 0.0420. The molecule has 0 spiro atoms. The Morgan fingerprint density at radius 2 is 1.79 bits per heavy atom. The van der Waals surface area contributed by atoms with Gasteiger partial charge < -0.3 is 25.4 Å². The number of aromatic hydroxyl groups is 1. The summed E-state index contributed by atoms with van der Waals surface area (Å²) in [6.45, 7) is 2.60. The van der Waals surface area contributed by atoms with Crippen LogP contribution in [0.1, 0.15) is 61.3 Å². The number of nitrogens with one attached hydrogen (secondary N) is 1. The molecule has 1 atom stereocenters. The number of aryl methyl sites for hydroxylation is 1. The normalized spacial score (nSPS) is 11.9. The highest BCUT2D eigenvalue weighted by molar-refractivity contribution is 14.1. The summed E-state index contributed by atoms with van der Waals surface area (Å²) in [6.07, 6.45) is 6.76. The van der Waals surface area contributed by atoms with Gasteiger partial charge in [0.15, 0.2) is 0 Å². The Bertz CT molecular complexity index is 922. The highest BCUT2D eigenvalue weighted by atomic mass is 125. The molecule has 2 rings (SSSR count). The minimum absolute atomic E-state index is 0.0420. The standard InChI is InChI=1S/C25H35IN4O4/c26-22-15-19(8-10-23(22)29-30-27)7-3-6-14-34-13-5-2-1-4-12-28-17-25(33)20-9-11-24(32)21(16-20)18-31/h8-11,15-16,25,28,31-33H,1-7,12-14,17-18H2/i26-2. The van der Waals surface area contributed by atoms with Crippen LogP contribution in [0, 0.1) is 3.57 Å². The molecular weight excluding hydrogens is 545 g/mol. The predicted molar refractivity (Wildman–Crippen MR) is 142 cm³/mol. The highest BCUT2D eigenvalue weighted by Crippen LogP contribution is 2.24. The maximum atomic E-state index is 10.2. The lowest BCUT2D eigenvalue weighted by atomic mass is 10.1. The number of halogens is 1. The summed E-state index contributed by atoms with van der Waals surface area (Å²) in [6, 6.07) is 10.8. The van der Waals surface area contributed by atoms with E-state index >= 15 is 0 Å². The van der Waals surface area contributed by atoms with Gasteiger partial charge in [-0.05, 0) is 96.1 Å². The summed E-state index contributed by atoms with van der Waals surface area (Å²) < 4.78 is 6.72. The fourth-order valence-electron chi connectivity index (χ4n) is 3.57. The summed E-state index contributed by atoms with van der Waals surface area (Å²) in [5.41, 5.74) is 11.6. The molecule has 0 heterocycles. The van der Waals surface area contributed by atoms with Gasteiger partial charge >= 0.3 is 0 Å². The van der Waals surface area contributed by atoms with E-state index in [1.54, 1.807) is 12.1 Å². The Morgan fingerprint density at radius 3 is 2.53 bits per heavy atom. The van der Waals surface area contributed by atoms with Crippen molar-refractivity contribution in [3.05, 3.63) is 67.1 Å². The SMILES string of the molecule is [N-]=[N+]=Nc1ccc(CCCCOCCCCCCNCC(O)c2ccc(O)c(CO)c2)cc1[125I]. The third kappa shape index (κ3) is 10.6. The Morgan fingerprint density at radius 1 is 1.03 bits per heavy atom. The average molecular weight is 580 g/mol. The molecule has 1 unspecified atom stereocenters. The molecule has 9 heteroatoms. The van der Waals surface area contributed by atoms with E-state index in [2.05, 4.69) is 44.0 Å². The molecule has 186 valence electrons. The number of aliphatic hydroxyl groups is 2. The average Bonchev–Trinajstić information content (AvgIpc) is 2.83. The zero-order valence-corrected chi connectivity index (χ0v) is 21.7. The van der Waals surface area contributed by atoms with Gasteiger partial charge in [0, 0.05) is 33.8 Å². The molecule has 0 fully saturated rings. The van der Waals surface area contributed by atoms with Gasteiger partial charge in [-0.25, -0.2) is 0 Å². The van der Waals surface area contributed by atoms with Gasteiger partial charge in [-0.15, -0.1) is 0 Å². The molecule has 34 heavy (non-hydrogen) atoms. The Balaban J connectivity index is 1.42. The van der Waals surface area contributed by atoms with Gasteiger partial charge in [0.1, 0.15) is 5.75 Å². The summed E-state index contributed by atoms with van der Waals surface area (Å²) in [7, 11) is 0. The van der Waals surface area contributed by atoms with Crippen LogP contribution in [0.4, 0.5) is 5.69 Å². The first-order chi connectivity index (χ1) is 16.5. The molecule has 0 saturated carbocycles. The zero-order valence-electron chi connectivity index (χ0n) is 19.5. The van der Waals surface area contributed by atoms with Crippen molar-refractivity contribution in [3.8, 4) is 5.75 Å². The van der Waals surface area contributed by atoms with E-state index in [0.29, 0.717) is 23.4 Å². The molecule has 0 amide bonds. The second-order valence-electron chi connectivity index (χ2n) is 8.23. The maximum absolute atomic E-state index is 10.2. The second kappa shape index (κ2) is 16.7. The lowest BCUT2D eigenvalue weighted by Crippen LogP contribution is -2.22. The fourth-order valence-corrected chi connectivity index (χ4v) is 4.26. The zero-order chi connectivity index (χ0) is 24.6. The molecule has 0 aliphatic rings. The molecule has 0 aromatic heterocycles. The molecular formula is C25H35IN4O4. The number of unbranched alkanes of at least 4 members (excludes halogenated alkanes) is 4. The van der Waals surface area contributed by atoms with Gasteiger partial charge in [-0.2, -0.15) is 0 Å². The fraction of sp³-hybridized carbons (Fsp3) is 0.520. The minimum atomic E-state index is -0.667. The lowest BCUT2D eigenvalue weighted by molar-refractivity contribution is 0.126. The Kier molecular flexibility index (Phi) is 13.9. The van der Waals surface area contributed by atoms with E-state index < -0.39 is 6.10 Å². The van der Waals surface area contributed by atoms with Crippen molar-refractivity contribution in [1.29, 1.82) is 0 Å². The summed E-state index contributed by atoms with van der Waals surface area (Å²) in [4.78, 5) is 2.83. The van der Waals surface area contributed by atoms with Crippen LogP contribution < -0.4 is 5.32 Å². The van der Waals surface area contributed by atoms with Gasteiger partial charge in [-0.3, -0.25) is 0 Å². The van der Waals surface area contributed by atoms with Gasteiger partial charge in [0.25, 0.3) is 0 Å². The van der Waals surface area contributed by atoms with E-state index in [1.165, 1.54) is 11.6 Å². The largest absolute Gasteiger partial charge is 0.508 e. The second-order valence-corrected chi connectivity index (χ2v) is 9.39. The van der Waals surface area contributed by atoms with Gasteiger partial charge in [0.2, 0.25) is 0 Å². The van der Waals surface area contributed by atoms with Crippen molar-refractivity contribution in [2.45, 2.75) is 57.7 Å². The predicted octanol–water partition coefficient (Wildman–Crippen LogP) is 5.65. The number of hydrogen-bond acceptors (Lipinski definition) is 6. The van der Waals surface area contributed by atoms with Crippen LogP contribution >= 0.6 is 22.6 Å². The van der Waals surface area contributed by atoms with Crippen LogP contribution in [0.3, 0.4) is 0 Å². The number of phenols is 1. The smallest absolute Gasteiger partial charge is 0.121 e. The number of nitrogens with zero attached hydrogens (tertiary/aromatic N) is 3. The van der Waals surface area contributed by atoms with Crippen LogP contribution in [0.25, 0.3) is 10.4 Å². The van der Waals surface area contributed by atoms with Crippen LogP contribution in [-0.2, 0) is 17.8 Å². The summed E-state index contributed by atoms with van der Waals surface area (Å²) in [5, 5.41) is 36.0. The molecule has 2 aromatic rings. The topological polar surface area (TPSA) is 131 Å². The Labute approximate surface area is 215 Å². The molecule has 2 aromatic carbocycles. The van der Waals surface area contributed by atoms with Crippen LogP contribution in [-0.4, -0.2) is 41.6 Å². The first-order valence-corrected chi connectivity index (χ1v) is 12.9. The maximum Gasteiger partial charge on any atom is 0.121 e. The van der Waals surface area contributed by atoms with Crippen molar-refractivity contribution < 1.29 is 20.1 Å². The van der Waals surface area contributed by atoms with E-state index in [1.807, 2.05) is 12.1 Å². The van der Waals surface area contributed by atoms with E-state index in [4.69, 9.17) is 10.3 Å². The van der Waals surface area contributed by atoms with Crippen LogP contribution in [0.15, 0.2) is 41.5 Å². The number of aliphatic hydroxyl groups excluding tert-OH is 2. The van der Waals surface area contributed by atoms with Crippen LogP contribution in [0.5, 0.6) is 5.75 Å². The van der Waals surface area contributed by atoms with E-state index in [9.17, 15) is 15.3 Å². The number of rotatable bonds is 17. The molecule has 0 aliphatic heterocycles. The first kappa shape index (κ1) is 28.4. The third-order valence-electron chi connectivity index (χ3n) is 5.56. The molecule has 8 nitrogen and oxygen atoms in total. The molecule has 0 saturated heterocycles. The third-order valence-corrected chi connectivity index (χ3v) is 6.42. The molecule has 0 bridgehead atoms.